The molecular formula is C18H16N2O4. The maximum Gasteiger partial charge on any atom is 0.255 e. The molecule has 0 aliphatic carbocycles. The summed E-state index contributed by atoms with van der Waals surface area (Å²) in [6.45, 7) is 0. The number of para-hydroxylation sites is 3. The second-order valence-corrected chi connectivity index (χ2v) is 5.25. The molecule has 0 spiro atoms. The van der Waals surface area contributed by atoms with Crippen LogP contribution in [0, 0.1) is 0 Å². The van der Waals surface area contributed by atoms with Crippen LogP contribution in [-0.2, 0) is 11.2 Å². The Balaban J connectivity index is 1.90. The zero-order valence-electron chi connectivity index (χ0n) is 13.0. The standard InChI is InChI=1S/C18H16N2O4/c1-24-15-9-5-4-8-14(15)19-16(21)10-12-17(22)11-6-2-3-7-13(11)20-18(12)23/h2-9H,10H2,1H3,(H,19,21)(H2,20,22,23). The maximum absolute atomic E-state index is 12.3. The van der Waals surface area contributed by atoms with E-state index < -0.39 is 11.5 Å². The molecule has 0 saturated carbocycles. The van der Waals surface area contributed by atoms with Crippen molar-refractivity contribution in [3.8, 4) is 11.5 Å². The number of carbonyl (C=O) groups excluding carboxylic acids is 1. The van der Waals surface area contributed by atoms with Crippen molar-refractivity contribution in [1.82, 2.24) is 4.98 Å². The van der Waals surface area contributed by atoms with Gasteiger partial charge < -0.3 is 20.1 Å². The van der Waals surface area contributed by atoms with Gasteiger partial charge in [0.15, 0.2) is 0 Å². The highest BCUT2D eigenvalue weighted by Gasteiger charge is 2.16. The molecule has 0 bridgehead atoms. The van der Waals surface area contributed by atoms with E-state index in [0.717, 1.165) is 0 Å². The minimum Gasteiger partial charge on any atom is -0.507 e. The molecule has 122 valence electrons. The minimum absolute atomic E-state index is 0.0288. The van der Waals surface area contributed by atoms with Crippen LogP contribution in [0.2, 0.25) is 0 Å². The van der Waals surface area contributed by atoms with E-state index in [2.05, 4.69) is 10.3 Å². The molecule has 6 heteroatoms. The van der Waals surface area contributed by atoms with E-state index in [9.17, 15) is 14.7 Å². The predicted octanol–water partition coefficient (Wildman–Crippen LogP) is 2.42. The van der Waals surface area contributed by atoms with Crippen LogP contribution in [0.5, 0.6) is 11.5 Å². The van der Waals surface area contributed by atoms with E-state index in [4.69, 9.17) is 4.74 Å². The molecule has 1 aromatic heterocycles. The Morgan fingerprint density at radius 1 is 1.17 bits per heavy atom. The van der Waals surface area contributed by atoms with E-state index in [1.54, 1.807) is 48.5 Å². The SMILES string of the molecule is COc1ccccc1NC(=O)Cc1c(O)c2ccccc2[nH]c1=O. The van der Waals surface area contributed by atoms with Gasteiger partial charge in [0, 0.05) is 5.39 Å². The highest BCUT2D eigenvalue weighted by atomic mass is 16.5. The lowest BCUT2D eigenvalue weighted by Crippen LogP contribution is -2.21. The van der Waals surface area contributed by atoms with E-state index in [1.165, 1.54) is 7.11 Å². The molecule has 0 saturated heterocycles. The molecule has 0 aliphatic rings. The number of anilines is 1. The van der Waals surface area contributed by atoms with Crippen molar-refractivity contribution in [3.63, 3.8) is 0 Å². The third kappa shape index (κ3) is 2.94. The van der Waals surface area contributed by atoms with Gasteiger partial charge in [-0.15, -0.1) is 0 Å². The molecule has 0 radical (unpaired) electrons. The molecular weight excluding hydrogens is 308 g/mol. The summed E-state index contributed by atoms with van der Waals surface area (Å²) in [6, 6.07) is 13.8. The molecule has 1 heterocycles. The normalized spacial score (nSPS) is 10.5. The molecule has 1 amide bonds. The molecule has 24 heavy (non-hydrogen) atoms. The number of nitrogens with one attached hydrogen (secondary N) is 2. The van der Waals surface area contributed by atoms with E-state index in [-0.39, 0.29) is 17.7 Å². The van der Waals surface area contributed by atoms with Crippen molar-refractivity contribution in [2.45, 2.75) is 6.42 Å². The summed E-state index contributed by atoms with van der Waals surface area (Å²) in [7, 11) is 1.50. The fourth-order valence-corrected chi connectivity index (χ4v) is 2.53. The van der Waals surface area contributed by atoms with Crippen molar-refractivity contribution < 1.29 is 14.6 Å². The van der Waals surface area contributed by atoms with Gasteiger partial charge in [0.2, 0.25) is 5.91 Å². The Bertz CT molecular complexity index is 963. The largest absolute Gasteiger partial charge is 0.507 e. The fraction of sp³-hybridized carbons (Fsp3) is 0.111. The molecule has 3 N–H and O–H groups in total. The summed E-state index contributed by atoms with van der Waals surface area (Å²) in [4.78, 5) is 27.1. The zero-order valence-corrected chi connectivity index (χ0v) is 13.0. The van der Waals surface area contributed by atoms with Crippen LogP contribution in [-0.4, -0.2) is 23.1 Å². The number of aromatic amines is 1. The lowest BCUT2D eigenvalue weighted by atomic mass is 10.1. The number of aromatic hydroxyl groups is 1. The molecule has 0 unspecified atom stereocenters. The monoisotopic (exact) mass is 324 g/mol. The average Bonchev–Trinajstić information content (AvgIpc) is 2.59. The number of rotatable bonds is 4. The van der Waals surface area contributed by atoms with Gasteiger partial charge in [0.1, 0.15) is 11.5 Å². The zero-order chi connectivity index (χ0) is 17.1. The molecule has 2 aromatic carbocycles. The van der Waals surface area contributed by atoms with Crippen LogP contribution in [0.25, 0.3) is 10.9 Å². The topological polar surface area (TPSA) is 91.4 Å². The number of hydrogen-bond acceptors (Lipinski definition) is 4. The summed E-state index contributed by atoms with van der Waals surface area (Å²) in [5.74, 6) is -0.0809. The van der Waals surface area contributed by atoms with Crippen molar-refractivity contribution in [3.05, 3.63) is 64.4 Å². The maximum atomic E-state index is 12.3. The van der Waals surface area contributed by atoms with E-state index in [1.807, 2.05) is 0 Å². The first-order valence-corrected chi connectivity index (χ1v) is 7.36. The van der Waals surface area contributed by atoms with Crippen LogP contribution < -0.4 is 15.6 Å². The van der Waals surface area contributed by atoms with Crippen LogP contribution in [0.3, 0.4) is 0 Å². The Kier molecular flexibility index (Phi) is 4.20. The number of pyridine rings is 1. The molecule has 0 fully saturated rings. The molecule has 6 nitrogen and oxygen atoms in total. The summed E-state index contributed by atoms with van der Waals surface area (Å²) in [6.07, 6.45) is -0.246. The van der Waals surface area contributed by atoms with E-state index in [0.29, 0.717) is 22.3 Å². The van der Waals surface area contributed by atoms with Crippen LogP contribution in [0.4, 0.5) is 5.69 Å². The van der Waals surface area contributed by atoms with Crippen molar-refractivity contribution in [2.24, 2.45) is 0 Å². The highest BCUT2D eigenvalue weighted by molar-refractivity contribution is 5.95. The quantitative estimate of drug-likeness (QED) is 0.687. The van der Waals surface area contributed by atoms with Gasteiger partial charge in [-0.05, 0) is 24.3 Å². The summed E-state index contributed by atoms with van der Waals surface area (Å²) >= 11 is 0. The predicted molar refractivity (Wildman–Crippen MR) is 91.6 cm³/mol. The number of carbonyl (C=O) groups is 1. The number of fused-ring (bicyclic) bond motifs is 1. The first kappa shape index (κ1) is 15.6. The van der Waals surface area contributed by atoms with Crippen LogP contribution >= 0.6 is 0 Å². The molecule has 3 rings (SSSR count). The summed E-state index contributed by atoms with van der Waals surface area (Å²) in [5.41, 5.74) is 0.568. The number of H-pyrrole nitrogens is 1. The third-order valence-electron chi connectivity index (χ3n) is 3.71. The van der Waals surface area contributed by atoms with Gasteiger partial charge in [0.05, 0.1) is 30.3 Å². The lowest BCUT2D eigenvalue weighted by Gasteiger charge is -2.11. The number of aromatic nitrogens is 1. The Labute approximate surface area is 137 Å². The number of methoxy groups -OCH3 is 1. The Morgan fingerprint density at radius 2 is 1.88 bits per heavy atom. The van der Waals surface area contributed by atoms with Gasteiger partial charge in [-0.25, -0.2) is 0 Å². The van der Waals surface area contributed by atoms with Crippen molar-refractivity contribution in [2.75, 3.05) is 12.4 Å². The number of benzene rings is 2. The first-order valence-electron chi connectivity index (χ1n) is 7.36. The Hall–Kier alpha value is -3.28. The second-order valence-electron chi connectivity index (χ2n) is 5.25. The first-order chi connectivity index (χ1) is 11.6. The summed E-state index contributed by atoms with van der Waals surface area (Å²) in [5, 5.41) is 13.5. The van der Waals surface area contributed by atoms with Gasteiger partial charge in [0.25, 0.3) is 5.56 Å². The molecule has 0 aliphatic heterocycles. The van der Waals surface area contributed by atoms with E-state index >= 15 is 0 Å². The van der Waals surface area contributed by atoms with Crippen molar-refractivity contribution >= 4 is 22.5 Å². The van der Waals surface area contributed by atoms with Gasteiger partial charge in [-0.3, -0.25) is 9.59 Å². The number of amides is 1. The number of hydrogen-bond donors (Lipinski definition) is 3. The Morgan fingerprint density at radius 3 is 2.67 bits per heavy atom. The summed E-state index contributed by atoms with van der Waals surface area (Å²) < 4.78 is 5.17. The fourth-order valence-electron chi connectivity index (χ4n) is 2.53. The molecule has 0 atom stereocenters. The third-order valence-corrected chi connectivity index (χ3v) is 3.71. The molecule has 3 aromatic rings. The van der Waals surface area contributed by atoms with Gasteiger partial charge >= 0.3 is 0 Å². The van der Waals surface area contributed by atoms with Crippen LogP contribution in [0.15, 0.2) is 53.3 Å². The smallest absolute Gasteiger partial charge is 0.255 e. The second kappa shape index (κ2) is 6.45. The highest BCUT2D eigenvalue weighted by Crippen LogP contribution is 2.26. The minimum atomic E-state index is -0.485. The van der Waals surface area contributed by atoms with Crippen LogP contribution in [0.1, 0.15) is 5.56 Å². The number of ether oxygens (including phenoxy) is 1. The van der Waals surface area contributed by atoms with Gasteiger partial charge in [-0.1, -0.05) is 24.3 Å². The van der Waals surface area contributed by atoms with Crippen molar-refractivity contribution in [1.29, 1.82) is 0 Å². The van der Waals surface area contributed by atoms with Gasteiger partial charge in [-0.2, -0.15) is 0 Å². The lowest BCUT2D eigenvalue weighted by molar-refractivity contribution is -0.115. The average molecular weight is 324 g/mol.